The van der Waals surface area contributed by atoms with Gasteiger partial charge >= 0.3 is 0 Å². The van der Waals surface area contributed by atoms with Gasteiger partial charge in [0.15, 0.2) is 12.7 Å². The lowest BCUT2D eigenvalue weighted by atomic mass is 9.89. The molecule has 0 saturated heterocycles. The average Bonchev–Trinajstić information content (AvgIpc) is 2.66. The zero-order valence-electron chi connectivity index (χ0n) is 13.4. The van der Waals surface area contributed by atoms with Gasteiger partial charge in [-0.1, -0.05) is 66.7 Å². The molecule has 5 rings (SSSR count). The molecule has 0 fully saturated rings. The lowest BCUT2D eigenvalue weighted by Crippen LogP contribution is -2.40. The molecule has 1 aliphatic heterocycles. The van der Waals surface area contributed by atoms with Crippen LogP contribution in [0.3, 0.4) is 0 Å². The van der Waals surface area contributed by atoms with Gasteiger partial charge in [0.25, 0.3) is 0 Å². The molecule has 1 heteroatoms. The summed E-state index contributed by atoms with van der Waals surface area (Å²) in [4.78, 5) is 0. The third-order valence-corrected chi connectivity index (χ3v) is 5.01. The van der Waals surface area contributed by atoms with Gasteiger partial charge in [-0.05, 0) is 23.3 Å². The van der Waals surface area contributed by atoms with Crippen molar-refractivity contribution in [3.8, 4) is 22.4 Å². The van der Waals surface area contributed by atoms with Crippen LogP contribution in [0.4, 0.5) is 0 Å². The van der Waals surface area contributed by atoms with Gasteiger partial charge in [-0.15, -0.1) is 0 Å². The highest BCUT2D eigenvalue weighted by Crippen LogP contribution is 2.38. The molecule has 0 atom stereocenters. The Bertz CT molecular complexity index is 1050. The van der Waals surface area contributed by atoms with E-state index in [-0.39, 0.29) is 0 Å². The Morgan fingerprint density at radius 2 is 1.46 bits per heavy atom. The third kappa shape index (κ3) is 1.98. The summed E-state index contributed by atoms with van der Waals surface area (Å²) >= 11 is 0. The molecule has 1 nitrogen and oxygen atoms in total. The number of hydrogen-bond acceptors (Lipinski definition) is 0. The first-order valence-electron chi connectivity index (χ1n) is 8.51. The first-order chi connectivity index (χ1) is 11.9. The number of benzene rings is 3. The molecule has 0 N–H and O–H groups in total. The molecule has 24 heavy (non-hydrogen) atoms. The Kier molecular flexibility index (Phi) is 2.99. The van der Waals surface area contributed by atoms with Crippen molar-refractivity contribution in [2.24, 2.45) is 0 Å². The SMILES string of the molecule is c1ccc(-c2c3[n+](cc4ccccc24)CCc2ccccc2-3)cc1. The van der Waals surface area contributed by atoms with E-state index < -0.39 is 0 Å². The van der Waals surface area contributed by atoms with Crippen molar-refractivity contribution in [1.29, 1.82) is 0 Å². The molecule has 1 aliphatic rings. The first kappa shape index (κ1) is 13.5. The fourth-order valence-electron chi connectivity index (χ4n) is 3.91. The van der Waals surface area contributed by atoms with Crippen LogP contribution >= 0.6 is 0 Å². The highest BCUT2D eigenvalue weighted by molar-refractivity contribution is 6.01. The van der Waals surface area contributed by atoms with Crippen molar-refractivity contribution in [2.75, 3.05) is 0 Å². The Hall–Kier alpha value is -2.93. The van der Waals surface area contributed by atoms with E-state index in [0.717, 1.165) is 13.0 Å². The summed E-state index contributed by atoms with van der Waals surface area (Å²) in [5, 5.41) is 2.63. The maximum absolute atomic E-state index is 2.44. The summed E-state index contributed by atoms with van der Waals surface area (Å²) < 4.78 is 2.44. The van der Waals surface area contributed by atoms with Crippen LogP contribution in [0, 0.1) is 0 Å². The van der Waals surface area contributed by atoms with E-state index in [1.54, 1.807) is 0 Å². The molecule has 0 bridgehead atoms. The van der Waals surface area contributed by atoms with E-state index in [9.17, 15) is 0 Å². The van der Waals surface area contributed by atoms with Crippen molar-refractivity contribution in [2.45, 2.75) is 13.0 Å². The molecule has 1 aromatic heterocycles. The second-order valence-electron chi connectivity index (χ2n) is 6.41. The number of nitrogens with zero attached hydrogens (tertiary/aromatic N) is 1. The smallest absolute Gasteiger partial charge is 0.197 e. The van der Waals surface area contributed by atoms with Crippen molar-refractivity contribution in [3.63, 3.8) is 0 Å². The normalized spacial score (nSPS) is 12.7. The van der Waals surface area contributed by atoms with Gasteiger partial charge in [0.05, 0.1) is 11.1 Å². The van der Waals surface area contributed by atoms with Gasteiger partial charge in [-0.25, -0.2) is 0 Å². The zero-order chi connectivity index (χ0) is 15.9. The Labute approximate surface area is 141 Å². The summed E-state index contributed by atoms with van der Waals surface area (Å²) in [5.41, 5.74) is 6.80. The number of aryl methyl sites for hydroxylation is 2. The number of hydrogen-bond donors (Lipinski definition) is 0. The Morgan fingerprint density at radius 3 is 2.38 bits per heavy atom. The van der Waals surface area contributed by atoms with Crippen LogP contribution in [0.15, 0.2) is 85.1 Å². The van der Waals surface area contributed by atoms with Gasteiger partial charge in [-0.3, -0.25) is 0 Å². The summed E-state index contributed by atoms with van der Waals surface area (Å²) in [6.45, 7) is 1.04. The van der Waals surface area contributed by atoms with Crippen molar-refractivity contribution < 1.29 is 4.57 Å². The fraction of sp³-hybridized carbons (Fsp3) is 0.0870. The van der Waals surface area contributed by atoms with E-state index >= 15 is 0 Å². The molecular weight excluding hydrogens is 290 g/mol. The van der Waals surface area contributed by atoms with Crippen molar-refractivity contribution in [3.05, 3.63) is 90.6 Å². The molecular formula is C23H18N+. The lowest BCUT2D eigenvalue weighted by Gasteiger charge is -2.19. The second kappa shape index (κ2) is 5.31. The van der Waals surface area contributed by atoms with Gasteiger partial charge in [0.1, 0.15) is 0 Å². The fourth-order valence-corrected chi connectivity index (χ4v) is 3.91. The molecule has 0 radical (unpaired) electrons. The topological polar surface area (TPSA) is 3.88 Å². The first-order valence-corrected chi connectivity index (χ1v) is 8.51. The molecule has 4 aromatic rings. The number of pyridine rings is 1. The number of aromatic nitrogens is 1. The van der Waals surface area contributed by atoms with Crippen LogP contribution in [0.2, 0.25) is 0 Å². The molecule has 114 valence electrons. The number of fused-ring (bicyclic) bond motifs is 4. The quantitative estimate of drug-likeness (QED) is 0.435. The summed E-state index contributed by atoms with van der Waals surface area (Å²) in [7, 11) is 0. The van der Waals surface area contributed by atoms with Gasteiger partial charge in [0.2, 0.25) is 5.69 Å². The van der Waals surface area contributed by atoms with Crippen LogP contribution in [0.5, 0.6) is 0 Å². The monoisotopic (exact) mass is 308 g/mol. The van der Waals surface area contributed by atoms with Crippen LogP contribution in [-0.4, -0.2) is 0 Å². The predicted molar refractivity (Wildman–Crippen MR) is 98.7 cm³/mol. The van der Waals surface area contributed by atoms with Crippen molar-refractivity contribution in [1.82, 2.24) is 0 Å². The van der Waals surface area contributed by atoms with E-state index in [4.69, 9.17) is 0 Å². The largest absolute Gasteiger partial charge is 0.221 e. The van der Waals surface area contributed by atoms with Gasteiger partial charge < -0.3 is 0 Å². The summed E-state index contributed by atoms with van der Waals surface area (Å²) in [6.07, 6.45) is 3.41. The Balaban J connectivity index is 1.96. The molecule has 0 unspecified atom stereocenters. The van der Waals surface area contributed by atoms with E-state index in [1.807, 2.05) is 0 Å². The van der Waals surface area contributed by atoms with Crippen LogP contribution in [0.25, 0.3) is 33.2 Å². The maximum atomic E-state index is 2.44. The van der Waals surface area contributed by atoms with Crippen molar-refractivity contribution >= 4 is 10.8 Å². The molecule has 2 heterocycles. The zero-order valence-corrected chi connectivity index (χ0v) is 13.4. The van der Waals surface area contributed by atoms with Crippen LogP contribution in [-0.2, 0) is 13.0 Å². The average molecular weight is 308 g/mol. The van der Waals surface area contributed by atoms with E-state index in [2.05, 4.69) is 89.6 Å². The third-order valence-electron chi connectivity index (χ3n) is 5.01. The molecule has 0 aliphatic carbocycles. The summed E-state index contributed by atoms with van der Waals surface area (Å²) in [6, 6.07) is 28.3. The van der Waals surface area contributed by atoms with E-state index in [1.165, 1.54) is 38.7 Å². The van der Waals surface area contributed by atoms with E-state index in [0.29, 0.717) is 0 Å². The lowest BCUT2D eigenvalue weighted by molar-refractivity contribution is -0.685. The highest BCUT2D eigenvalue weighted by Gasteiger charge is 2.28. The predicted octanol–water partition coefficient (Wildman–Crippen LogP) is 5.02. The minimum absolute atomic E-state index is 1.04. The standard InChI is InChI=1S/C23H18N/c1-2-9-18(10-3-1)22-20-12-6-5-11-19(20)16-24-15-14-17-8-4-7-13-21(17)23(22)24/h1-13,16H,14-15H2/q+1. The van der Waals surface area contributed by atoms with Crippen LogP contribution < -0.4 is 4.57 Å². The second-order valence-corrected chi connectivity index (χ2v) is 6.41. The molecule has 0 saturated carbocycles. The summed E-state index contributed by atoms with van der Waals surface area (Å²) in [5.74, 6) is 0. The minimum atomic E-state index is 1.04. The molecule has 0 spiro atoms. The van der Waals surface area contributed by atoms with Crippen LogP contribution in [0.1, 0.15) is 5.56 Å². The van der Waals surface area contributed by atoms with Gasteiger partial charge in [0, 0.05) is 17.2 Å². The maximum Gasteiger partial charge on any atom is 0.221 e. The Morgan fingerprint density at radius 1 is 0.708 bits per heavy atom. The minimum Gasteiger partial charge on any atom is -0.197 e. The van der Waals surface area contributed by atoms with Gasteiger partial charge in [-0.2, -0.15) is 4.57 Å². The number of rotatable bonds is 1. The highest BCUT2D eigenvalue weighted by atomic mass is 15.0. The molecule has 0 amide bonds. The molecule has 3 aromatic carbocycles.